The Morgan fingerprint density at radius 2 is 2.35 bits per heavy atom. The molecule has 1 heterocycles. The molecule has 1 N–H and O–H groups in total. The summed E-state index contributed by atoms with van der Waals surface area (Å²) in [5, 5.41) is 3.58. The molecule has 0 aromatic carbocycles. The van der Waals surface area contributed by atoms with Gasteiger partial charge in [0, 0.05) is 31.4 Å². The number of nitrogens with one attached hydrogen (secondary N) is 1. The Morgan fingerprint density at radius 1 is 1.53 bits per heavy atom. The van der Waals surface area contributed by atoms with Crippen LogP contribution >= 0.6 is 0 Å². The van der Waals surface area contributed by atoms with Gasteiger partial charge in [0.1, 0.15) is 5.82 Å². The monoisotopic (exact) mass is 235 g/mol. The van der Waals surface area contributed by atoms with Crippen LogP contribution < -0.4 is 5.32 Å². The number of hydrogen-bond acceptors (Lipinski definition) is 2. The summed E-state index contributed by atoms with van der Waals surface area (Å²) in [4.78, 5) is 4.47. The highest BCUT2D eigenvalue weighted by Crippen LogP contribution is 2.19. The number of imidazole rings is 1. The summed E-state index contributed by atoms with van der Waals surface area (Å²) in [6.45, 7) is 6.81. The Bertz CT molecular complexity index is 328. The van der Waals surface area contributed by atoms with Crippen LogP contribution in [0.5, 0.6) is 0 Å². The Morgan fingerprint density at radius 3 is 3.06 bits per heavy atom. The average molecular weight is 235 g/mol. The zero-order chi connectivity index (χ0) is 12.1. The number of aromatic nitrogens is 2. The van der Waals surface area contributed by atoms with Gasteiger partial charge in [0.05, 0.1) is 0 Å². The molecule has 0 amide bonds. The lowest BCUT2D eigenvalue weighted by atomic mass is 10.0. The maximum Gasteiger partial charge on any atom is 0.108 e. The van der Waals surface area contributed by atoms with Crippen LogP contribution in [0.1, 0.15) is 45.4 Å². The van der Waals surface area contributed by atoms with E-state index in [9.17, 15) is 0 Å². The molecule has 2 rings (SSSR count). The first-order valence-corrected chi connectivity index (χ1v) is 7.03. The van der Waals surface area contributed by atoms with E-state index in [1.807, 2.05) is 6.20 Å². The first-order chi connectivity index (χ1) is 8.29. The normalized spacial score (nSPS) is 17.3. The molecular weight excluding hydrogens is 210 g/mol. The van der Waals surface area contributed by atoms with E-state index in [1.54, 1.807) is 0 Å². The molecule has 3 nitrogen and oxygen atoms in total. The number of rotatable bonds is 8. The first-order valence-electron chi connectivity index (χ1n) is 7.03. The lowest BCUT2D eigenvalue weighted by Crippen LogP contribution is -2.20. The summed E-state index contributed by atoms with van der Waals surface area (Å²) in [6.07, 6.45) is 10.4. The zero-order valence-electron chi connectivity index (χ0n) is 11.2. The molecule has 0 aliphatic heterocycles. The topological polar surface area (TPSA) is 29.9 Å². The Balaban J connectivity index is 1.71. The van der Waals surface area contributed by atoms with Gasteiger partial charge in [-0.3, -0.25) is 0 Å². The third-order valence-corrected chi connectivity index (χ3v) is 3.44. The van der Waals surface area contributed by atoms with E-state index in [0.717, 1.165) is 24.9 Å². The van der Waals surface area contributed by atoms with Gasteiger partial charge in [-0.05, 0) is 38.1 Å². The molecule has 1 aromatic rings. The summed E-state index contributed by atoms with van der Waals surface area (Å²) in [5.74, 6) is 1.98. The van der Waals surface area contributed by atoms with Crippen molar-refractivity contribution in [3.63, 3.8) is 0 Å². The second kappa shape index (κ2) is 6.20. The van der Waals surface area contributed by atoms with Gasteiger partial charge >= 0.3 is 0 Å². The molecule has 1 aromatic heterocycles. The summed E-state index contributed by atoms with van der Waals surface area (Å²) < 4.78 is 2.30. The van der Waals surface area contributed by atoms with Crippen LogP contribution in [0.3, 0.4) is 0 Å². The van der Waals surface area contributed by atoms with E-state index in [-0.39, 0.29) is 0 Å². The van der Waals surface area contributed by atoms with Crippen molar-refractivity contribution in [2.45, 2.75) is 58.5 Å². The summed E-state index contributed by atoms with van der Waals surface area (Å²) in [6, 6.07) is 0.837. The van der Waals surface area contributed by atoms with Crippen molar-refractivity contribution in [2.24, 2.45) is 5.92 Å². The minimum atomic E-state index is 0.722. The number of hydrogen-bond donors (Lipinski definition) is 1. The van der Waals surface area contributed by atoms with Gasteiger partial charge in [-0.2, -0.15) is 0 Å². The fourth-order valence-corrected chi connectivity index (χ4v) is 2.21. The van der Waals surface area contributed by atoms with Gasteiger partial charge in [-0.1, -0.05) is 13.8 Å². The van der Waals surface area contributed by atoms with Crippen molar-refractivity contribution in [1.82, 2.24) is 14.9 Å². The molecule has 1 fully saturated rings. The van der Waals surface area contributed by atoms with Crippen molar-refractivity contribution in [2.75, 3.05) is 6.54 Å². The largest absolute Gasteiger partial charge is 0.335 e. The first kappa shape index (κ1) is 12.6. The van der Waals surface area contributed by atoms with Crippen LogP contribution in [0, 0.1) is 5.92 Å². The smallest absolute Gasteiger partial charge is 0.108 e. The van der Waals surface area contributed by atoms with Crippen LogP contribution in [0.15, 0.2) is 12.4 Å². The second-order valence-corrected chi connectivity index (χ2v) is 5.36. The summed E-state index contributed by atoms with van der Waals surface area (Å²) >= 11 is 0. The van der Waals surface area contributed by atoms with Gasteiger partial charge in [0.2, 0.25) is 0 Å². The van der Waals surface area contributed by atoms with E-state index < -0.39 is 0 Å². The molecule has 1 aliphatic rings. The molecule has 1 unspecified atom stereocenters. The third-order valence-electron chi connectivity index (χ3n) is 3.44. The van der Waals surface area contributed by atoms with Crippen molar-refractivity contribution in [3.8, 4) is 0 Å². The molecule has 96 valence electrons. The van der Waals surface area contributed by atoms with E-state index in [2.05, 4.69) is 34.9 Å². The van der Waals surface area contributed by atoms with Crippen LogP contribution in [0.4, 0.5) is 0 Å². The predicted octanol–water partition coefficient (Wildman–Crippen LogP) is 2.61. The predicted molar refractivity (Wildman–Crippen MR) is 71.0 cm³/mol. The minimum Gasteiger partial charge on any atom is -0.335 e. The van der Waals surface area contributed by atoms with E-state index >= 15 is 0 Å². The van der Waals surface area contributed by atoms with Crippen molar-refractivity contribution in [1.29, 1.82) is 0 Å². The molecule has 0 bridgehead atoms. The maximum absolute atomic E-state index is 4.47. The second-order valence-electron chi connectivity index (χ2n) is 5.36. The fraction of sp³-hybridized carbons (Fsp3) is 0.786. The molecule has 1 saturated carbocycles. The van der Waals surface area contributed by atoms with E-state index in [4.69, 9.17) is 0 Å². The number of nitrogens with zero attached hydrogens (tertiary/aromatic N) is 2. The summed E-state index contributed by atoms with van der Waals surface area (Å²) in [7, 11) is 0. The van der Waals surface area contributed by atoms with Gasteiger partial charge in [0.25, 0.3) is 0 Å². The molecule has 0 radical (unpaired) electrons. The van der Waals surface area contributed by atoms with Crippen LogP contribution in [-0.4, -0.2) is 22.1 Å². The lowest BCUT2D eigenvalue weighted by Gasteiger charge is -2.13. The highest BCUT2D eigenvalue weighted by Gasteiger charge is 2.20. The summed E-state index contributed by atoms with van der Waals surface area (Å²) in [5.41, 5.74) is 0. The Labute approximate surface area is 105 Å². The number of aryl methyl sites for hydroxylation is 1. The molecule has 0 saturated heterocycles. The van der Waals surface area contributed by atoms with Crippen molar-refractivity contribution < 1.29 is 0 Å². The standard InChI is InChI=1S/C14H25N3/c1-3-9-17-10-8-16-14(17)11-12(2)6-7-15-13-4-5-13/h8,10,12-13,15H,3-7,9,11H2,1-2H3. The highest BCUT2D eigenvalue weighted by molar-refractivity contribution is 4.93. The van der Waals surface area contributed by atoms with Crippen LogP contribution in [-0.2, 0) is 13.0 Å². The quantitative estimate of drug-likeness (QED) is 0.750. The molecule has 1 atom stereocenters. The molecular formula is C14H25N3. The SMILES string of the molecule is CCCn1ccnc1CC(C)CCNC1CC1. The van der Waals surface area contributed by atoms with E-state index in [1.165, 1.54) is 38.1 Å². The van der Waals surface area contributed by atoms with Crippen LogP contribution in [0.2, 0.25) is 0 Å². The van der Waals surface area contributed by atoms with Gasteiger partial charge in [-0.15, -0.1) is 0 Å². The molecule has 3 heteroatoms. The minimum absolute atomic E-state index is 0.722. The Hall–Kier alpha value is -0.830. The lowest BCUT2D eigenvalue weighted by molar-refractivity contribution is 0.475. The van der Waals surface area contributed by atoms with Crippen LogP contribution in [0.25, 0.3) is 0 Å². The van der Waals surface area contributed by atoms with Gasteiger partial charge in [-0.25, -0.2) is 4.98 Å². The molecule has 0 spiro atoms. The zero-order valence-corrected chi connectivity index (χ0v) is 11.2. The molecule has 17 heavy (non-hydrogen) atoms. The van der Waals surface area contributed by atoms with Crippen molar-refractivity contribution in [3.05, 3.63) is 18.2 Å². The Kier molecular flexibility index (Phi) is 4.60. The highest BCUT2D eigenvalue weighted by atomic mass is 15.1. The fourth-order valence-electron chi connectivity index (χ4n) is 2.21. The van der Waals surface area contributed by atoms with E-state index in [0.29, 0.717) is 0 Å². The average Bonchev–Trinajstić information content (AvgIpc) is 3.02. The van der Waals surface area contributed by atoms with Gasteiger partial charge in [0.15, 0.2) is 0 Å². The van der Waals surface area contributed by atoms with Crippen molar-refractivity contribution >= 4 is 0 Å². The third kappa shape index (κ3) is 4.15. The maximum atomic E-state index is 4.47. The van der Waals surface area contributed by atoms with Gasteiger partial charge < -0.3 is 9.88 Å². The molecule has 1 aliphatic carbocycles.